The Morgan fingerprint density at radius 2 is 1.52 bits per heavy atom. The number of likely N-dealkylation sites (N-methyl/N-ethyl adjacent to an activating group) is 1. The van der Waals surface area contributed by atoms with Gasteiger partial charge in [0.15, 0.2) is 0 Å². The molecular formula is C24H28N2O5. The highest BCUT2D eigenvalue weighted by Gasteiger charge is 2.33. The first-order valence-electron chi connectivity index (χ1n) is 10.3. The minimum absolute atomic E-state index is 0.0795. The van der Waals surface area contributed by atoms with Gasteiger partial charge in [-0.3, -0.25) is 4.79 Å². The Balaban J connectivity index is 1.63. The van der Waals surface area contributed by atoms with Crippen molar-refractivity contribution in [1.29, 1.82) is 0 Å². The molecule has 0 radical (unpaired) electrons. The Morgan fingerprint density at radius 3 is 2.00 bits per heavy atom. The molecule has 3 rings (SSSR count). The predicted molar refractivity (Wildman–Crippen MR) is 117 cm³/mol. The number of alkyl carbamates (subject to hydrolysis) is 1. The zero-order chi connectivity index (χ0) is 22.7. The van der Waals surface area contributed by atoms with Crippen LogP contribution in [0.15, 0.2) is 48.5 Å². The number of benzene rings is 2. The quantitative estimate of drug-likeness (QED) is 0.709. The fraction of sp³-hybridized carbons (Fsp3) is 0.375. The molecule has 2 aromatic carbocycles. The van der Waals surface area contributed by atoms with E-state index in [-0.39, 0.29) is 18.4 Å². The molecule has 1 aliphatic rings. The van der Waals surface area contributed by atoms with Gasteiger partial charge in [-0.2, -0.15) is 0 Å². The zero-order valence-corrected chi connectivity index (χ0v) is 18.2. The second-order valence-electron chi connectivity index (χ2n) is 8.17. The average Bonchev–Trinajstić information content (AvgIpc) is 3.05. The number of fused-ring (bicyclic) bond motifs is 3. The van der Waals surface area contributed by atoms with Crippen LogP contribution in [0.25, 0.3) is 11.1 Å². The fourth-order valence-electron chi connectivity index (χ4n) is 4.22. The summed E-state index contributed by atoms with van der Waals surface area (Å²) in [5, 5.41) is 11.9. The first-order chi connectivity index (χ1) is 14.7. The largest absolute Gasteiger partial charge is 0.480 e. The third-order valence-corrected chi connectivity index (χ3v) is 5.70. The first-order valence-corrected chi connectivity index (χ1v) is 10.3. The van der Waals surface area contributed by atoms with Crippen LogP contribution in [0.5, 0.6) is 0 Å². The Kier molecular flexibility index (Phi) is 6.63. The maximum absolute atomic E-state index is 12.6. The summed E-state index contributed by atoms with van der Waals surface area (Å²) in [5.41, 5.74) is 4.46. The van der Waals surface area contributed by atoms with E-state index in [1.54, 1.807) is 13.8 Å². The van der Waals surface area contributed by atoms with Gasteiger partial charge in [-0.05, 0) is 35.1 Å². The lowest BCUT2D eigenvalue weighted by Gasteiger charge is -2.30. The van der Waals surface area contributed by atoms with Crippen molar-refractivity contribution in [1.82, 2.24) is 10.2 Å². The van der Waals surface area contributed by atoms with Crippen LogP contribution in [0.2, 0.25) is 0 Å². The summed E-state index contributed by atoms with van der Waals surface area (Å²) in [6.07, 6.45) is -0.715. The second kappa shape index (κ2) is 9.20. The lowest BCUT2D eigenvalue weighted by atomic mass is 9.98. The molecule has 164 valence electrons. The summed E-state index contributed by atoms with van der Waals surface area (Å²) in [7, 11) is 1.43. The van der Waals surface area contributed by atoms with Gasteiger partial charge < -0.3 is 20.1 Å². The molecule has 7 nitrogen and oxygen atoms in total. The van der Waals surface area contributed by atoms with Crippen molar-refractivity contribution in [3.63, 3.8) is 0 Å². The summed E-state index contributed by atoms with van der Waals surface area (Å²) < 4.78 is 5.46. The number of nitrogens with zero attached hydrogens (tertiary/aromatic N) is 1. The molecule has 2 amide bonds. The number of carboxylic acids is 1. The van der Waals surface area contributed by atoms with Crippen LogP contribution in [-0.2, 0) is 14.3 Å². The van der Waals surface area contributed by atoms with Crippen LogP contribution in [0.1, 0.15) is 37.8 Å². The second-order valence-corrected chi connectivity index (χ2v) is 8.17. The summed E-state index contributed by atoms with van der Waals surface area (Å²) in [4.78, 5) is 37.6. The smallest absolute Gasteiger partial charge is 0.407 e. The number of hydrogen-bond donors (Lipinski definition) is 2. The number of amides is 2. The van der Waals surface area contributed by atoms with Gasteiger partial charge in [0.05, 0.1) is 0 Å². The summed E-state index contributed by atoms with van der Waals surface area (Å²) in [5.74, 6) is -1.92. The van der Waals surface area contributed by atoms with Crippen LogP contribution in [0, 0.1) is 5.92 Å². The molecule has 2 aromatic rings. The maximum atomic E-state index is 12.6. The minimum Gasteiger partial charge on any atom is -0.480 e. The summed E-state index contributed by atoms with van der Waals surface area (Å²) >= 11 is 0. The molecule has 0 aromatic heterocycles. The third-order valence-electron chi connectivity index (χ3n) is 5.70. The number of aliphatic carboxylic acids is 1. The molecule has 0 unspecified atom stereocenters. The van der Waals surface area contributed by atoms with E-state index in [4.69, 9.17) is 4.74 Å². The maximum Gasteiger partial charge on any atom is 0.407 e. The molecular weight excluding hydrogens is 396 g/mol. The van der Waals surface area contributed by atoms with Crippen molar-refractivity contribution in [3.8, 4) is 11.1 Å². The lowest BCUT2D eigenvalue weighted by molar-refractivity contribution is -0.151. The Bertz CT molecular complexity index is 942. The van der Waals surface area contributed by atoms with Gasteiger partial charge in [0.2, 0.25) is 5.91 Å². The van der Waals surface area contributed by atoms with E-state index >= 15 is 0 Å². The van der Waals surface area contributed by atoms with Crippen molar-refractivity contribution in [3.05, 3.63) is 59.7 Å². The lowest BCUT2D eigenvalue weighted by Crippen LogP contribution is -2.52. The standard InChI is InChI=1S/C24H28N2O5/c1-14(2)21(23(28)29)26(4)22(27)15(3)25-24(30)31-13-20-18-11-7-5-9-16(18)17-10-6-8-12-19(17)20/h5-12,14-15,20-21H,13H2,1-4H3,(H,25,30)(H,28,29)/t15-,21-/m0/s1. The van der Waals surface area contributed by atoms with Gasteiger partial charge >= 0.3 is 12.1 Å². The van der Waals surface area contributed by atoms with E-state index < -0.39 is 30.1 Å². The average molecular weight is 424 g/mol. The van der Waals surface area contributed by atoms with E-state index in [1.165, 1.54) is 14.0 Å². The first kappa shape index (κ1) is 22.3. The highest BCUT2D eigenvalue weighted by atomic mass is 16.5. The summed E-state index contributed by atoms with van der Waals surface area (Å²) in [6, 6.07) is 14.2. The molecule has 0 bridgehead atoms. The van der Waals surface area contributed by atoms with Gasteiger partial charge in [0.1, 0.15) is 18.7 Å². The van der Waals surface area contributed by atoms with Crippen molar-refractivity contribution in [2.45, 2.75) is 38.8 Å². The molecule has 0 saturated heterocycles. The number of carboxylic acid groups (broad SMARTS) is 1. The summed E-state index contributed by atoms with van der Waals surface area (Å²) in [6.45, 7) is 5.11. The molecule has 7 heteroatoms. The van der Waals surface area contributed by atoms with Crippen molar-refractivity contribution in [2.24, 2.45) is 5.92 Å². The highest BCUT2D eigenvalue weighted by molar-refractivity contribution is 5.89. The monoisotopic (exact) mass is 424 g/mol. The molecule has 0 saturated carbocycles. The Hall–Kier alpha value is -3.35. The molecule has 0 spiro atoms. The van der Waals surface area contributed by atoms with E-state index in [9.17, 15) is 19.5 Å². The predicted octanol–water partition coefficient (Wildman–Crippen LogP) is 3.48. The number of carbonyl (C=O) groups is 3. The van der Waals surface area contributed by atoms with Gasteiger partial charge in [-0.1, -0.05) is 62.4 Å². The molecule has 0 aliphatic heterocycles. The molecule has 2 atom stereocenters. The van der Waals surface area contributed by atoms with Gasteiger partial charge in [-0.25, -0.2) is 9.59 Å². The van der Waals surface area contributed by atoms with Gasteiger partial charge in [-0.15, -0.1) is 0 Å². The van der Waals surface area contributed by atoms with Crippen LogP contribution in [-0.4, -0.2) is 53.7 Å². The zero-order valence-electron chi connectivity index (χ0n) is 18.2. The number of hydrogen-bond acceptors (Lipinski definition) is 4. The number of carbonyl (C=O) groups excluding carboxylic acids is 2. The van der Waals surface area contributed by atoms with E-state index in [1.807, 2.05) is 36.4 Å². The fourth-order valence-corrected chi connectivity index (χ4v) is 4.22. The molecule has 0 heterocycles. The van der Waals surface area contributed by atoms with Gasteiger partial charge in [0, 0.05) is 13.0 Å². The molecule has 2 N–H and O–H groups in total. The van der Waals surface area contributed by atoms with E-state index in [0.29, 0.717) is 0 Å². The van der Waals surface area contributed by atoms with Crippen LogP contribution in [0.4, 0.5) is 4.79 Å². The topological polar surface area (TPSA) is 95.9 Å². The minimum atomic E-state index is -1.08. The highest BCUT2D eigenvalue weighted by Crippen LogP contribution is 2.44. The van der Waals surface area contributed by atoms with Crippen molar-refractivity contribution >= 4 is 18.0 Å². The normalized spacial score (nSPS) is 14.4. The number of rotatable bonds is 7. The van der Waals surface area contributed by atoms with E-state index in [0.717, 1.165) is 27.2 Å². The SMILES string of the molecule is CC(C)[C@@H](C(=O)O)N(C)C(=O)[C@H](C)NC(=O)OCC1c2ccccc2-c2ccccc21. The third kappa shape index (κ3) is 4.55. The number of nitrogens with one attached hydrogen (secondary N) is 1. The molecule has 1 aliphatic carbocycles. The molecule has 31 heavy (non-hydrogen) atoms. The van der Waals surface area contributed by atoms with Crippen molar-refractivity contribution < 1.29 is 24.2 Å². The Morgan fingerprint density at radius 1 is 1.00 bits per heavy atom. The molecule has 0 fully saturated rings. The van der Waals surface area contributed by atoms with Crippen LogP contribution < -0.4 is 5.32 Å². The van der Waals surface area contributed by atoms with Crippen molar-refractivity contribution in [2.75, 3.05) is 13.7 Å². The number of ether oxygens (including phenoxy) is 1. The Labute approximate surface area is 182 Å². The van der Waals surface area contributed by atoms with Crippen LogP contribution >= 0.6 is 0 Å². The van der Waals surface area contributed by atoms with Crippen LogP contribution in [0.3, 0.4) is 0 Å². The van der Waals surface area contributed by atoms with E-state index in [2.05, 4.69) is 17.4 Å². The van der Waals surface area contributed by atoms with Gasteiger partial charge in [0.25, 0.3) is 0 Å².